The van der Waals surface area contributed by atoms with Gasteiger partial charge in [0.2, 0.25) is 0 Å². The average molecular weight is 303 g/mol. The minimum absolute atomic E-state index is 0.277. The first kappa shape index (κ1) is 15.6. The lowest BCUT2D eigenvalue weighted by Gasteiger charge is -2.26. The van der Waals surface area contributed by atoms with E-state index in [0.29, 0.717) is 0 Å². The van der Waals surface area contributed by atoms with Gasteiger partial charge < -0.3 is 5.32 Å². The van der Waals surface area contributed by atoms with Crippen LogP contribution in [0, 0.1) is 5.41 Å². The van der Waals surface area contributed by atoms with Crippen LogP contribution in [0.15, 0.2) is 78.0 Å². The van der Waals surface area contributed by atoms with Crippen LogP contribution in [0.25, 0.3) is 11.1 Å². The van der Waals surface area contributed by atoms with Crippen molar-refractivity contribution in [2.75, 3.05) is 5.32 Å². The molecule has 0 aromatic heterocycles. The molecule has 2 aromatic carbocycles. The van der Waals surface area contributed by atoms with Crippen LogP contribution in [0.5, 0.6) is 0 Å². The normalized spacial score (nSPS) is 14.9. The van der Waals surface area contributed by atoms with Crippen LogP contribution in [0.1, 0.15) is 33.6 Å². The minimum Gasteiger partial charge on any atom is -0.359 e. The summed E-state index contributed by atoms with van der Waals surface area (Å²) in [5, 5.41) is 3.55. The van der Waals surface area contributed by atoms with Gasteiger partial charge in [-0.05, 0) is 47.6 Å². The zero-order chi connectivity index (χ0) is 16.3. The Morgan fingerprint density at radius 2 is 1.39 bits per heavy atom. The van der Waals surface area contributed by atoms with E-state index in [1.54, 1.807) is 0 Å². The number of nitrogens with one attached hydrogen (secondary N) is 1. The third-order valence-corrected chi connectivity index (χ3v) is 4.41. The Labute approximate surface area is 139 Å². The maximum absolute atomic E-state index is 3.55. The smallest absolute Gasteiger partial charge is 0.0382 e. The molecule has 0 saturated heterocycles. The van der Waals surface area contributed by atoms with Crippen molar-refractivity contribution < 1.29 is 0 Å². The molecule has 0 saturated carbocycles. The first-order chi connectivity index (χ1) is 11.0. The number of hydrogen-bond donors (Lipinski definition) is 1. The Morgan fingerprint density at radius 1 is 0.739 bits per heavy atom. The van der Waals surface area contributed by atoms with Crippen LogP contribution in [0.3, 0.4) is 0 Å². The van der Waals surface area contributed by atoms with E-state index in [4.69, 9.17) is 0 Å². The van der Waals surface area contributed by atoms with Gasteiger partial charge in [0.1, 0.15) is 0 Å². The maximum atomic E-state index is 3.55. The summed E-state index contributed by atoms with van der Waals surface area (Å²) in [6.45, 7) is 6.86. The number of allylic oxidation sites excluding steroid dienone is 4. The van der Waals surface area contributed by atoms with Gasteiger partial charge in [0, 0.05) is 11.4 Å². The molecule has 23 heavy (non-hydrogen) atoms. The van der Waals surface area contributed by atoms with Crippen molar-refractivity contribution in [3.8, 4) is 11.1 Å². The Kier molecular flexibility index (Phi) is 4.38. The molecule has 0 fully saturated rings. The van der Waals surface area contributed by atoms with Crippen LogP contribution < -0.4 is 5.32 Å². The molecule has 0 unspecified atom stereocenters. The standard InChI is InChI=1S/C22H25N/c1-22(2,3)19-11-15-21(16-12-19)23-20-13-9-18(10-14-20)17-7-5-4-6-8-17/h4-11,13-15,23H,12,16H2,1-3H3. The van der Waals surface area contributed by atoms with Crippen LogP contribution >= 0.6 is 0 Å². The fraction of sp³-hybridized carbons (Fsp3) is 0.273. The summed E-state index contributed by atoms with van der Waals surface area (Å²) >= 11 is 0. The summed E-state index contributed by atoms with van der Waals surface area (Å²) in [4.78, 5) is 0. The topological polar surface area (TPSA) is 12.0 Å². The molecule has 1 N–H and O–H groups in total. The van der Waals surface area contributed by atoms with Gasteiger partial charge in [-0.25, -0.2) is 0 Å². The second-order valence-electron chi connectivity index (χ2n) is 7.20. The van der Waals surface area contributed by atoms with E-state index in [0.717, 1.165) is 18.5 Å². The Morgan fingerprint density at radius 3 is 1.96 bits per heavy atom. The van der Waals surface area contributed by atoms with Crippen LogP contribution in [-0.4, -0.2) is 0 Å². The Balaban J connectivity index is 1.70. The van der Waals surface area contributed by atoms with Crippen LogP contribution in [-0.2, 0) is 0 Å². The van der Waals surface area contributed by atoms with Gasteiger partial charge in [0.15, 0.2) is 0 Å². The lowest BCUT2D eigenvalue weighted by atomic mass is 9.81. The molecular weight excluding hydrogens is 278 g/mol. The molecule has 1 aliphatic rings. The van der Waals surface area contributed by atoms with Gasteiger partial charge in [0.25, 0.3) is 0 Å². The second-order valence-corrected chi connectivity index (χ2v) is 7.20. The first-order valence-electron chi connectivity index (χ1n) is 8.35. The van der Waals surface area contributed by atoms with E-state index >= 15 is 0 Å². The number of hydrogen-bond acceptors (Lipinski definition) is 1. The summed E-state index contributed by atoms with van der Waals surface area (Å²) in [7, 11) is 0. The van der Waals surface area contributed by atoms with Gasteiger partial charge in [0.05, 0.1) is 0 Å². The summed E-state index contributed by atoms with van der Waals surface area (Å²) in [5.41, 5.74) is 6.77. The summed E-state index contributed by atoms with van der Waals surface area (Å²) in [6.07, 6.45) is 6.74. The van der Waals surface area contributed by atoms with E-state index in [-0.39, 0.29) is 5.41 Å². The third kappa shape index (κ3) is 3.92. The van der Waals surface area contributed by atoms with E-state index in [1.165, 1.54) is 22.4 Å². The second kappa shape index (κ2) is 6.45. The third-order valence-electron chi connectivity index (χ3n) is 4.41. The largest absolute Gasteiger partial charge is 0.359 e. The Hall–Kier alpha value is -2.28. The molecule has 0 atom stereocenters. The van der Waals surface area contributed by atoms with Crippen molar-refractivity contribution in [1.82, 2.24) is 0 Å². The molecule has 2 aromatic rings. The monoisotopic (exact) mass is 303 g/mol. The average Bonchev–Trinajstić information content (AvgIpc) is 2.56. The lowest BCUT2D eigenvalue weighted by Crippen LogP contribution is -2.13. The molecule has 0 heterocycles. The van der Waals surface area contributed by atoms with Gasteiger partial charge >= 0.3 is 0 Å². The highest BCUT2D eigenvalue weighted by atomic mass is 14.9. The molecule has 118 valence electrons. The molecule has 3 rings (SSSR count). The van der Waals surface area contributed by atoms with Crippen molar-refractivity contribution in [1.29, 1.82) is 0 Å². The highest BCUT2D eigenvalue weighted by Crippen LogP contribution is 2.33. The van der Waals surface area contributed by atoms with Crippen molar-refractivity contribution in [3.05, 3.63) is 78.0 Å². The first-order valence-corrected chi connectivity index (χ1v) is 8.35. The predicted octanol–water partition coefficient (Wildman–Crippen LogP) is 6.42. The molecule has 1 heteroatoms. The van der Waals surface area contributed by atoms with Crippen LogP contribution in [0.4, 0.5) is 5.69 Å². The van der Waals surface area contributed by atoms with Gasteiger partial charge in [-0.15, -0.1) is 0 Å². The molecular formula is C22H25N. The van der Waals surface area contributed by atoms with E-state index in [1.807, 2.05) is 6.07 Å². The molecule has 0 aliphatic heterocycles. The number of rotatable bonds is 3. The van der Waals surface area contributed by atoms with E-state index in [9.17, 15) is 0 Å². The number of benzene rings is 2. The Bertz CT molecular complexity index is 713. The van der Waals surface area contributed by atoms with E-state index in [2.05, 4.69) is 86.8 Å². The van der Waals surface area contributed by atoms with Crippen molar-refractivity contribution in [3.63, 3.8) is 0 Å². The molecule has 0 bridgehead atoms. The van der Waals surface area contributed by atoms with Crippen molar-refractivity contribution >= 4 is 5.69 Å². The highest BCUT2D eigenvalue weighted by Gasteiger charge is 2.18. The van der Waals surface area contributed by atoms with Gasteiger partial charge in [-0.2, -0.15) is 0 Å². The fourth-order valence-corrected chi connectivity index (χ4v) is 2.93. The summed E-state index contributed by atoms with van der Waals surface area (Å²) in [5.74, 6) is 0. The quantitative estimate of drug-likeness (QED) is 0.690. The molecule has 0 spiro atoms. The van der Waals surface area contributed by atoms with Gasteiger partial charge in [-0.3, -0.25) is 0 Å². The van der Waals surface area contributed by atoms with Crippen LogP contribution in [0.2, 0.25) is 0 Å². The lowest BCUT2D eigenvalue weighted by molar-refractivity contribution is 0.479. The minimum atomic E-state index is 0.277. The SMILES string of the molecule is CC(C)(C)C1=CC=C(Nc2ccc(-c3ccccc3)cc2)CC1. The fourth-order valence-electron chi connectivity index (χ4n) is 2.93. The van der Waals surface area contributed by atoms with Gasteiger partial charge in [-0.1, -0.05) is 74.9 Å². The predicted molar refractivity (Wildman–Crippen MR) is 100 cm³/mol. The molecule has 0 amide bonds. The molecule has 1 aliphatic carbocycles. The van der Waals surface area contributed by atoms with Crippen molar-refractivity contribution in [2.24, 2.45) is 5.41 Å². The highest BCUT2D eigenvalue weighted by molar-refractivity contribution is 5.66. The van der Waals surface area contributed by atoms with Crippen molar-refractivity contribution in [2.45, 2.75) is 33.6 Å². The maximum Gasteiger partial charge on any atom is 0.0382 e. The zero-order valence-corrected chi connectivity index (χ0v) is 14.3. The number of anilines is 1. The molecule has 1 nitrogen and oxygen atoms in total. The summed E-state index contributed by atoms with van der Waals surface area (Å²) in [6, 6.07) is 19.2. The molecule has 0 radical (unpaired) electrons. The van der Waals surface area contributed by atoms with E-state index < -0.39 is 0 Å². The zero-order valence-electron chi connectivity index (χ0n) is 14.3. The summed E-state index contributed by atoms with van der Waals surface area (Å²) < 4.78 is 0.